The van der Waals surface area contributed by atoms with E-state index < -0.39 is 14.9 Å². The van der Waals surface area contributed by atoms with Gasteiger partial charge in [0.2, 0.25) is 0 Å². The molecule has 0 radical (unpaired) electrons. The van der Waals surface area contributed by atoms with E-state index in [0.717, 1.165) is 0 Å². The zero-order valence-electron chi connectivity index (χ0n) is 8.94. The summed E-state index contributed by atoms with van der Waals surface area (Å²) in [6.45, 7) is 2.12. The van der Waals surface area contributed by atoms with Crippen molar-refractivity contribution < 1.29 is 23.2 Å². The number of hydrogen-bond donors (Lipinski definition) is 1. The van der Waals surface area contributed by atoms with Gasteiger partial charge in [0, 0.05) is 27.9 Å². The predicted molar refractivity (Wildman–Crippen MR) is 52.1 cm³/mol. The fraction of sp³-hybridized carbons (Fsp3) is 0.857. The highest BCUT2D eigenvalue weighted by Gasteiger charge is 2.41. The van der Waals surface area contributed by atoms with Crippen molar-refractivity contribution in [3.8, 4) is 0 Å². The largest absolute Gasteiger partial charge is 0.520 e. The van der Waals surface area contributed by atoms with Gasteiger partial charge >= 0.3 is 14.9 Å². The van der Waals surface area contributed by atoms with E-state index in [1.807, 2.05) is 0 Å². The molecule has 1 amide bonds. The number of rotatable bonds is 6. The van der Waals surface area contributed by atoms with E-state index in [2.05, 4.69) is 0 Å². The van der Waals surface area contributed by atoms with Crippen LogP contribution in [0.25, 0.3) is 0 Å². The van der Waals surface area contributed by atoms with E-state index in [1.165, 1.54) is 26.2 Å². The predicted octanol–water partition coefficient (Wildman–Crippen LogP) is 0.404. The van der Waals surface area contributed by atoms with Crippen LogP contribution in [-0.4, -0.2) is 58.9 Å². The number of hydrogen-bond acceptors (Lipinski definition) is 4. The van der Waals surface area contributed by atoms with E-state index in [1.54, 1.807) is 6.92 Å². The van der Waals surface area contributed by atoms with Crippen LogP contribution in [0.4, 0.5) is 4.79 Å². The van der Waals surface area contributed by atoms with Crippen molar-refractivity contribution in [2.24, 2.45) is 0 Å². The van der Waals surface area contributed by atoms with Crippen LogP contribution < -0.4 is 0 Å². The molecule has 0 rings (SSSR count). The molecule has 7 heteroatoms. The minimum atomic E-state index is -2.82. The molecule has 0 aromatic carbocycles. The average molecular weight is 223 g/mol. The first-order valence-electron chi connectivity index (χ1n) is 4.18. The van der Waals surface area contributed by atoms with Crippen LogP contribution in [0.3, 0.4) is 0 Å². The molecule has 0 spiro atoms. The van der Waals surface area contributed by atoms with Crippen LogP contribution in [0.5, 0.6) is 0 Å². The summed E-state index contributed by atoms with van der Waals surface area (Å²) >= 11 is 0. The zero-order valence-corrected chi connectivity index (χ0v) is 9.94. The summed E-state index contributed by atoms with van der Waals surface area (Å²) in [6, 6.07) is 0. The number of amides is 1. The van der Waals surface area contributed by atoms with Gasteiger partial charge in [0.1, 0.15) is 0 Å². The Morgan fingerprint density at radius 1 is 1.29 bits per heavy atom. The Bertz CT molecular complexity index is 177. The van der Waals surface area contributed by atoms with E-state index in [-0.39, 0.29) is 6.17 Å². The van der Waals surface area contributed by atoms with Gasteiger partial charge in [-0.25, -0.2) is 4.79 Å². The quantitative estimate of drug-likeness (QED) is 0.660. The van der Waals surface area contributed by atoms with Crippen molar-refractivity contribution >= 4 is 14.9 Å². The molecule has 0 fully saturated rings. The third kappa shape index (κ3) is 3.26. The molecule has 0 aromatic rings. The molecule has 0 aliphatic heterocycles. The molecule has 0 aliphatic carbocycles. The lowest BCUT2D eigenvalue weighted by Crippen LogP contribution is -2.54. The van der Waals surface area contributed by atoms with E-state index in [4.69, 9.17) is 18.4 Å². The Labute approximate surface area is 84.7 Å². The minimum Gasteiger partial charge on any atom is -0.465 e. The SMILES string of the molecule is CCN(C[Si](OC)(OC)OC)C(=O)O. The number of carbonyl (C=O) groups is 1. The van der Waals surface area contributed by atoms with Gasteiger partial charge in [-0.15, -0.1) is 0 Å². The van der Waals surface area contributed by atoms with Gasteiger partial charge in [-0.1, -0.05) is 0 Å². The summed E-state index contributed by atoms with van der Waals surface area (Å²) in [6.07, 6.45) is -0.863. The Hall–Kier alpha value is -0.633. The third-order valence-electron chi connectivity index (χ3n) is 1.97. The maximum atomic E-state index is 10.7. The molecule has 6 nitrogen and oxygen atoms in total. The summed E-state index contributed by atoms with van der Waals surface area (Å²) in [7, 11) is 1.54. The minimum absolute atomic E-state index is 0.141. The Balaban J connectivity index is 4.47. The number of nitrogens with zero attached hydrogens (tertiary/aromatic N) is 1. The van der Waals surface area contributed by atoms with Gasteiger partial charge in [0.15, 0.2) is 0 Å². The van der Waals surface area contributed by atoms with Gasteiger partial charge in [0.05, 0.1) is 6.17 Å². The van der Waals surface area contributed by atoms with E-state index >= 15 is 0 Å². The molecule has 0 aliphatic rings. The normalized spacial score (nSPS) is 11.4. The fourth-order valence-corrected chi connectivity index (χ4v) is 2.71. The van der Waals surface area contributed by atoms with Crippen LogP contribution in [0, 0.1) is 0 Å². The molecule has 0 unspecified atom stereocenters. The molecular formula is C7H17NO5Si. The lowest BCUT2D eigenvalue weighted by Gasteiger charge is -2.28. The van der Waals surface area contributed by atoms with Crippen molar-refractivity contribution in [2.75, 3.05) is 34.0 Å². The summed E-state index contributed by atoms with van der Waals surface area (Å²) in [4.78, 5) is 11.9. The van der Waals surface area contributed by atoms with Crippen molar-refractivity contribution in [2.45, 2.75) is 6.92 Å². The first-order valence-corrected chi connectivity index (χ1v) is 6.11. The Morgan fingerprint density at radius 3 is 1.93 bits per heavy atom. The van der Waals surface area contributed by atoms with Gasteiger partial charge in [-0.2, -0.15) is 0 Å². The average Bonchev–Trinajstić information content (AvgIpc) is 2.20. The van der Waals surface area contributed by atoms with Crippen LogP contribution in [-0.2, 0) is 13.3 Å². The monoisotopic (exact) mass is 223 g/mol. The standard InChI is InChI=1S/C7H17NO5Si/c1-5-8(7(9)10)6-14(11-2,12-3)13-4/h5-6H2,1-4H3,(H,9,10). The van der Waals surface area contributed by atoms with Gasteiger partial charge < -0.3 is 23.3 Å². The molecule has 14 heavy (non-hydrogen) atoms. The van der Waals surface area contributed by atoms with Crippen LogP contribution in [0.1, 0.15) is 6.92 Å². The summed E-state index contributed by atoms with van der Waals surface area (Å²) in [5, 5.41) is 8.80. The molecular weight excluding hydrogens is 206 g/mol. The lowest BCUT2D eigenvalue weighted by atomic mass is 10.7. The molecule has 0 atom stereocenters. The summed E-state index contributed by atoms with van der Waals surface area (Å²) in [5.74, 6) is 0. The van der Waals surface area contributed by atoms with Crippen LogP contribution in [0.15, 0.2) is 0 Å². The second kappa shape index (κ2) is 5.97. The molecule has 1 N–H and O–H groups in total. The first-order chi connectivity index (χ1) is 6.55. The Kier molecular flexibility index (Phi) is 5.70. The molecule has 0 aromatic heterocycles. The van der Waals surface area contributed by atoms with Crippen molar-refractivity contribution in [1.82, 2.24) is 4.90 Å². The highest BCUT2D eigenvalue weighted by Crippen LogP contribution is 2.08. The van der Waals surface area contributed by atoms with E-state index in [0.29, 0.717) is 6.54 Å². The van der Waals surface area contributed by atoms with Crippen molar-refractivity contribution in [3.63, 3.8) is 0 Å². The second-order valence-electron chi connectivity index (χ2n) is 2.59. The maximum Gasteiger partial charge on any atom is 0.520 e. The molecule has 0 saturated carbocycles. The molecule has 84 valence electrons. The smallest absolute Gasteiger partial charge is 0.465 e. The van der Waals surface area contributed by atoms with E-state index in [9.17, 15) is 4.79 Å². The third-order valence-corrected chi connectivity index (χ3v) is 4.60. The molecule has 0 heterocycles. The van der Waals surface area contributed by atoms with Gasteiger partial charge in [-0.3, -0.25) is 0 Å². The topological polar surface area (TPSA) is 68.2 Å². The highest BCUT2D eigenvalue weighted by atomic mass is 28.4. The van der Waals surface area contributed by atoms with Crippen molar-refractivity contribution in [3.05, 3.63) is 0 Å². The highest BCUT2D eigenvalue weighted by molar-refractivity contribution is 6.60. The van der Waals surface area contributed by atoms with Crippen LogP contribution >= 0.6 is 0 Å². The van der Waals surface area contributed by atoms with Crippen LogP contribution in [0.2, 0.25) is 0 Å². The summed E-state index contributed by atoms with van der Waals surface area (Å²) < 4.78 is 15.3. The lowest BCUT2D eigenvalue weighted by molar-refractivity contribution is 0.0970. The second-order valence-corrected chi connectivity index (χ2v) is 5.50. The van der Waals surface area contributed by atoms with Gasteiger partial charge in [-0.05, 0) is 6.92 Å². The first kappa shape index (κ1) is 13.4. The Morgan fingerprint density at radius 2 is 1.71 bits per heavy atom. The zero-order chi connectivity index (χ0) is 11.2. The fourth-order valence-electron chi connectivity index (χ4n) is 0.992. The maximum absolute atomic E-state index is 10.7. The molecule has 0 bridgehead atoms. The van der Waals surface area contributed by atoms with Gasteiger partial charge in [0.25, 0.3) is 0 Å². The molecule has 0 saturated heterocycles. The number of carboxylic acid groups (broad SMARTS) is 1. The summed E-state index contributed by atoms with van der Waals surface area (Å²) in [5.41, 5.74) is 0. The van der Waals surface area contributed by atoms with Crippen molar-refractivity contribution in [1.29, 1.82) is 0 Å².